The van der Waals surface area contributed by atoms with Gasteiger partial charge >= 0.3 is 12.3 Å². The van der Waals surface area contributed by atoms with E-state index in [4.69, 9.17) is 9.47 Å². The molecule has 0 aliphatic carbocycles. The first-order chi connectivity index (χ1) is 16.5. The SMILES string of the molecule is CC1(C)OC(=O)[C@H]([C@H](Cc2ccccc2)C(=O)N2CCN(c3ccc(OC(F)(F)F)cc3)CC2)O1. The first kappa shape index (κ1) is 24.8. The van der Waals surface area contributed by atoms with Crippen molar-refractivity contribution >= 4 is 17.6 Å². The van der Waals surface area contributed by atoms with Gasteiger partial charge in [-0.2, -0.15) is 0 Å². The molecule has 2 aromatic rings. The van der Waals surface area contributed by atoms with Gasteiger partial charge in [0.25, 0.3) is 0 Å². The second-order valence-corrected chi connectivity index (χ2v) is 9.01. The van der Waals surface area contributed by atoms with Crippen LogP contribution in [0.4, 0.5) is 18.9 Å². The largest absolute Gasteiger partial charge is 0.573 e. The Morgan fingerprint density at radius 3 is 2.23 bits per heavy atom. The van der Waals surface area contributed by atoms with Gasteiger partial charge in [0.1, 0.15) is 5.75 Å². The molecule has 2 aliphatic rings. The highest BCUT2D eigenvalue weighted by molar-refractivity contribution is 5.88. The normalized spacial score (nSPS) is 20.9. The van der Waals surface area contributed by atoms with Crippen LogP contribution in [0.3, 0.4) is 0 Å². The van der Waals surface area contributed by atoms with Gasteiger partial charge in [-0.15, -0.1) is 13.2 Å². The van der Waals surface area contributed by atoms with E-state index in [0.717, 1.165) is 11.3 Å². The lowest BCUT2D eigenvalue weighted by Crippen LogP contribution is -2.53. The molecular weight excluding hydrogens is 465 g/mol. The lowest BCUT2D eigenvalue weighted by molar-refractivity contribution is -0.274. The molecule has 2 saturated heterocycles. The Kier molecular flexibility index (Phi) is 6.93. The molecule has 0 bridgehead atoms. The van der Waals surface area contributed by atoms with E-state index in [9.17, 15) is 22.8 Å². The number of hydrogen-bond acceptors (Lipinski definition) is 6. The van der Waals surface area contributed by atoms with Gasteiger partial charge in [0.15, 0.2) is 6.10 Å². The van der Waals surface area contributed by atoms with Crippen molar-refractivity contribution in [2.45, 2.75) is 38.5 Å². The number of halogens is 3. The Balaban J connectivity index is 1.43. The van der Waals surface area contributed by atoms with Crippen LogP contribution in [0.1, 0.15) is 19.4 Å². The number of esters is 1. The van der Waals surface area contributed by atoms with Crippen LogP contribution in [-0.4, -0.2) is 61.2 Å². The van der Waals surface area contributed by atoms with E-state index in [1.165, 1.54) is 12.1 Å². The Bertz CT molecular complexity index is 1040. The summed E-state index contributed by atoms with van der Waals surface area (Å²) in [5, 5.41) is 0. The Morgan fingerprint density at radius 2 is 1.69 bits per heavy atom. The molecule has 2 fully saturated rings. The summed E-state index contributed by atoms with van der Waals surface area (Å²) in [5.74, 6) is -2.87. The van der Waals surface area contributed by atoms with Crippen LogP contribution in [0.25, 0.3) is 0 Å². The average molecular weight is 492 g/mol. The van der Waals surface area contributed by atoms with Crippen molar-refractivity contribution in [3.63, 3.8) is 0 Å². The third-order valence-corrected chi connectivity index (χ3v) is 6.00. The van der Waals surface area contributed by atoms with Crippen molar-refractivity contribution in [1.82, 2.24) is 4.90 Å². The minimum absolute atomic E-state index is 0.193. The number of ether oxygens (including phenoxy) is 3. The van der Waals surface area contributed by atoms with Gasteiger partial charge in [-0.05, 0) is 36.2 Å². The summed E-state index contributed by atoms with van der Waals surface area (Å²) < 4.78 is 52.2. The highest BCUT2D eigenvalue weighted by atomic mass is 19.4. The van der Waals surface area contributed by atoms with Crippen molar-refractivity contribution in [3.05, 3.63) is 60.2 Å². The molecule has 1 amide bonds. The molecular formula is C25H27F3N2O5. The van der Waals surface area contributed by atoms with Crippen molar-refractivity contribution in [2.24, 2.45) is 5.92 Å². The van der Waals surface area contributed by atoms with E-state index >= 15 is 0 Å². The van der Waals surface area contributed by atoms with Crippen molar-refractivity contribution in [1.29, 1.82) is 0 Å². The maximum Gasteiger partial charge on any atom is 0.573 e. The summed E-state index contributed by atoms with van der Waals surface area (Å²) in [7, 11) is 0. The second-order valence-electron chi connectivity index (χ2n) is 9.01. The number of anilines is 1. The highest BCUT2D eigenvalue weighted by Gasteiger charge is 2.48. The van der Waals surface area contributed by atoms with E-state index < -0.39 is 30.1 Å². The fourth-order valence-corrected chi connectivity index (χ4v) is 4.39. The smallest absolute Gasteiger partial charge is 0.432 e. The number of carbonyl (C=O) groups is 2. The van der Waals surface area contributed by atoms with E-state index in [1.54, 1.807) is 30.9 Å². The zero-order valence-electron chi connectivity index (χ0n) is 19.5. The van der Waals surface area contributed by atoms with Gasteiger partial charge in [0, 0.05) is 45.7 Å². The molecule has 0 unspecified atom stereocenters. The van der Waals surface area contributed by atoms with Gasteiger partial charge in [0.2, 0.25) is 11.7 Å². The molecule has 0 saturated carbocycles. The summed E-state index contributed by atoms with van der Waals surface area (Å²) in [5.41, 5.74) is 1.64. The van der Waals surface area contributed by atoms with Crippen LogP contribution in [0.2, 0.25) is 0 Å². The van der Waals surface area contributed by atoms with Gasteiger partial charge in [-0.1, -0.05) is 30.3 Å². The van der Waals surface area contributed by atoms with Crippen molar-refractivity contribution < 1.29 is 37.0 Å². The number of alkyl halides is 3. The third-order valence-electron chi connectivity index (χ3n) is 6.00. The fraction of sp³-hybridized carbons (Fsp3) is 0.440. The lowest BCUT2D eigenvalue weighted by Gasteiger charge is -2.38. The molecule has 0 aromatic heterocycles. The molecule has 188 valence electrons. The number of cyclic esters (lactones) is 1. The lowest BCUT2D eigenvalue weighted by atomic mass is 9.92. The number of hydrogen-bond donors (Lipinski definition) is 0. The highest BCUT2D eigenvalue weighted by Crippen LogP contribution is 2.32. The summed E-state index contributed by atoms with van der Waals surface area (Å²) in [6.45, 7) is 5.05. The van der Waals surface area contributed by atoms with E-state index in [1.807, 2.05) is 35.2 Å². The topological polar surface area (TPSA) is 68.3 Å². The van der Waals surface area contributed by atoms with Crippen LogP contribution in [0, 0.1) is 5.92 Å². The van der Waals surface area contributed by atoms with E-state index in [0.29, 0.717) is 32.6 Å². The van der Waals surface area contributed by atoms with Crippen molar-refractivity contribution in [2.75, 3.05) is 31.1 Å². The van der Waals surface area contributed by atoms with Gasteiger partial charge in [-0.25, -0.2) is 4.79 Å². The molecule has 0 spiro atoms. The zero-order chi connectivity index (χ0) is 25.2. The Morgan fingerprint density at radius 1 is 1.06 bits per heavy atom. The number of nitrogens with zero attached hydrogens (tertiary/aromatic N) is 2. The molecule has 2 atom stereocenters. The maximum atomic E-state index is 13.6. The molecule has 2 aliphatic heterocycles. The number of amides is 1. The minimum Gasteiger partial charge on any atom is -0.432 e. The molecule has 0 radical (unpaired) electrons. The van der Waals surface area contributed by atoms with Gasteiger partial charge < -0.3 is 24.0 Å². The standard InChI is InChI=1S/C25H27F3N2O5/c1-24(2)34-21(23(32)35-24)20(16-17-6-4-3-5-7-17)22(31)30-14-12-29(13-15-30)18-8-10-19(11-9-18)33-25(26,27)28/h3-11,20-21H,12-16H2,1-2H3/t20-,21-/m0/s1. The van der Waals surface area contributed by atoms with Crippen LogP contribution in [0.5, 0.6) is 5.75 Å². The van der Waals surface area contributed by atoms with Crippen LogP contribution < -0.4 is 9.64 Å². The molecule has 2 aromatic carbocycles. The molecule has 2 heterocycles. The van der Waals surface area contributed by atoms with Gasteiger partial charge in [-0.3, -0.25) is 4.79 Å². The average Bonchev–Trinajstić information content (AvgIpc) is 3.09. The monoisotopic (exact) mass is 492 g/mol. The summed E-state index contributed by atoms with van der Waals surface area (Å²) in [4.78, 5) is 29.8. The number of piperazine rings is 1. The molecule has 10 heteroatoms. The van der Waals surface area contributed by atoms with E-state index in [-0.39, 0.29) is 11.7 Å². The fourth-order valence-electron chi connectivity index (χ4n) is 4.39. The van der Waals surface area contributed by atoms with E-state index in [2.05, 4.69) is 4.74 Å². The summed E-state index contributed by atoms with van der Waals surface area (Å²) in [6.07, 6.45) is -5.41. The number of rotatable bonds is 6. The van der Waals surface area contributed by atoms with Gasteiger partial charge in [0.05, 0.1) is 5.92 Å². The molecule has 7 nitrogen and oxygen atoms in total. The Hall–Kier alpha value is -3.27. The first-order valence-corrected chi connectivity index (χ1v) is 11.3. The maximum absolute atomic E-state index is 13.6. The molecule has 4 rings (SSSR count). The zero-order valence-corrected chi connectivity index (χ0v) is 19.5. The Labute approximate surface area is 201 Å². The van der Waals surface area contributed by atoms with Crippen LogP contribution in [-0.2, 0) is 25.5 Å². The number of benzene rings is 2. The third kappa shape index (κ3) is 6.25. The minimum atomic E-state index is -4.74. The summed E-state index contributed by atoms with van der Waals surface area (Å²) >= 11 is 0. The molecule has 35 heavy (non-hydrogen) atoms. The van der Waals surface area contributed by atoms with Crippen LogP contribution >= 0.6 is 0 Å². The predicted molar refractivity (Wildman–Crippen MR) is 121 cm³/mol. The predicted octanol–water partition coefficient (Wildman–Crippen LogP) is 3.77. The van der Waals surface area contributed by atoms with Crippen molar-refractivity contribution in [3.8, 4) is 5.75 Å². The quantitative estimate of drug-likeness (QED) is 0.572. The van der Waals surface area contributed by atoms with Crippen LogP contribution in [0.15, 0.2) is 54.6 Å². The number of carbonyl (C=O) groups excluding carboxylic acids is 2. The first-order valence-electron chi connectivity index (χ1n) is 11.3. The summed E-state index contributed by atoms with van der Waals surface area (Å²) in [6, 6.07) is 15.1. The second kappa shape index (κ2) is 9.77. The molecule has 0 N–H and O–H groups in total.